The van der Waals surface area contributed by atoms with Crippen LogP contribution in [0.5, 0.6) is 0 Å². The molecule has 35 heavy (non-hydrogen) atoms. The number of hydrogen-bond donors (Lipinski definition) is 2. The number of alkyl halides is 2. The van der Waals surface area contributed by atoms with E-state index in [4.69, 9.17) is 4.98 Å². The van der Waals surface area contributed by atoms with E-state index in [1.165, 1.54) is 0 Å². The van der Waals surface area contributed by atoms with Crippen LogP contribution in [-0.2, 0) is 4.79 Å². The minimum Gasteiger partial charge on any atom is -0.366 e. The van der Waals surface area contributed by atoms with Crippen molar-refractivity contribution in [1.29, 1.82) is 0 Å². The van der Waals surface area contributed by atoms with E-state index in [2.05, 4.69) is 44.3 Å². The van der Waals surface area contributed by atoms with Gasteiger partial charge in [0.1, 0.15) is 11.6 Å². The van der Waals surface area contributed by atoms with Crippen LogP contribution in [0.15, 0.2) is 36.9 Å². The first-order valence-electron chi connectivity index (χ1n) is 12.0. The lowest BCUT2D eigenvalue weighted by Gasteiger charge is -2.35. The summed E-state index contributed by atoms with van der Waals surface area (Å²) in [5.41, 5.74) is 2.12. The zero-order valence-electron chi connectivity index (χ0n) is 19.8. The Hall–Kier alpha value is -3.27. The van der Waals surface area contributed by atoms with Crippen molar-refractivity contribution in [2.24, 2.45) is 5.92 Å². The fourth-order valence-electron chi connectivity index (χ4n) is 4.66. The van der Waals surface area contributed by atoms with Crippen molar-refractivity contribution in [1.82, 2.24) is 24.8 Å². The maximum Gasteiger partial charge on any atom is 0.249 e. The highest BCUT2D eigenvalue weighted by molar-refractivity contribution is 5.94. The van der Waals surface area contributed by atoms with Crippen molar-refractivity contribution in [3.8, 4) is 11.3 Å². The predicted octanol–water partition coefficient (Wildman–Crippen LogP) is 4.36. The quantitative estimate of drug-likeness (QED) is 0.540. The Morgan fingerprint density at radius 3 is 2.54 bits per heavy atom. The van der Waals surface area contributed by atoms with E-state index in [0.717, 1.165) is 42.7 Å². The molecular formula is C25H29F2N7O. The third kappa shape index (κ3) is 5.37. The van der Waals surface area contributed by atoms with Crippen molar-refractivity contribution < 1.29 is 13.6 Å². The highest BCUT2D eigenvalue weighted by Crippen LogP contribution is 2.42. The van der Waals surface area contributed by atoms with Crippen LogP contribution in [0.4, 0.5) is 20.4 Å². The van der Waals surface area contributed by atoms with E-state index < -0.39 is 30.6 Å². The Morgan fingerprint density at radius 2 is 1.83 bits per heavy atom. The van der Waals surface area contributed by atoms with Gasteiger partial charge < -0.3 is 15.5 Å². The molecule has 3 aromatic rings. The largest absolute Gasteiger partial charge is 0.366 e. The predicted molar refractivity (Wildman–Crippen MR) is 130 cm³/mol. The average molecular weight is 482 g/mol. The van der Waals surface area contributed by atoms with E-state index in [1.54, 1.807) is 30.9 Å². The molecule has 1 saturated heterocycles. The lowest BCUT2D eigenvalue weighted by Crippen LogP contribution is -2.42. The second-order valence-electron chi connectivity index (χ2n) is 9.77. The number of likely N-dealkylation sites (tertiary alicyclic amines) is 1. The van der Waals surface area contributed by atoms with E-state index in [-0.39, 0.29) is 0 Å². The highest BCUT2D eigenvalue weighted by atomic mass is 19.3. The summed E-state index contributed by atoms with van der Waals surface area (Å²) < 4.78 is 26.2. The molecule has 0 unspecified atom stereocenters. The van der Waals surface area contributed by atoms with Gasteiger partial charge in [0.15, 0.2) is 0 Å². The fourth-order valence-corrected chi connectivity index (χ4v) is 4.66. The number of carbonyl (C=O) groups excluding carboxylic acids is 1. The van der Waals surface area contributed by atoms with Crippen molar-refractivity contribution >= 4 is 28.4 Å². The number of hydrogen-bond acceptors (Lipinski definition) is 7. The van der Waals surface area contributed by atoms with Crippen LogP contribution in [0.1, 0.15) is 39.5 Å². The molecule has 10 heteroatoms. The maximum atomic E-state index is 13.1. The fraction of sp³-hybridized carbons (Fsp3) is 0.480. The van der Waals surface area contributed by atoms with Crippen molar-refractivity contribution in [2.45, 2.75) is 57.5 Å². The summed E-state index contributed by atoms with van der Waals surface area (Å²) in [6.45, 7) is 6.58. The number of pyridine rings is 2. The van der Waals surface area contributed by atoms with Crippen LogP contribution in [0.25, 0.3) is 22.2 Å². The topological polar surface area (TPSA) is 95.9 Å². The number of piperidine rings is 1. The smallest absolute Gasteiger partial charge is 0.249 e. The zero-order valence-corrected chi connectivity index (χ0v) is 19.8. The van der Waals surface area contributed by atoms with Crippen LogP contribution in [0, 0.1) is 5.92 Å². The lowest BCUT2D eigenvalue weighted by molar-refractivity contribution is -0.145. The average Bonchev–Trinajstić information content (AvgIpc) is 2.82. The van der Waals surface area contributed by atoms with Crippen molar-refractivity contribution in [3.63, 3.8) is 0 Å². The van der Waals surface area contributed by atoms with Gasteiger partial charge in [0.25, 0.3) is 0 Å². The minimum atomic E-state index is -2.74. The number of amides is 1. The third-order valence-corrected chi connectivity index (χ3v) is 6.82. The van der Waals surface area contributed by atoms with Gasteiger partial charge in [-0.1, -0.05) is 0 Å². The van der Waals surface area contributed by atoms with E-state index in [0.29, 0.717) is 29.1 Å². The van der Waals surface area contributed by atoms with Crippen LogP contribution in [0.3, 0.4) is 0 Å². The molecule has 8 nitrogen and oxygen atoms in total. The first kappa shape index (κ1) is 23.5. The molecule has 4 heterocycles. The molecule has 0 atom stereocenters. The Bertz CT molecular complexity index is 1220. The molecule has 1 amide bonds. The summed E-state index contributed by atoms with van der Waals surface area (Å²) in [6.07, 6.45) is 7.97. The molecule has 2 N–H and O–H groups in total. The first-order valence-corrected chi connectivity index (χ1v) is 12.0. The van der Waals surface area contributed by atoms with Crippen LogP contribution in [0.2, 0.25) is 0 Å². The monoisotopic (exact) mass is 481 g/mol. The molecule has 1 aliphatic heterocycles. The van der Waals surface area contributed by atoms with Gasteiger partial charge in [0, 0.05) is 61.1 Å². The molecule has 0 spiro atoms. The second-order valence-corrected chi connectivity index (χ2v) is 9.77. The van der Waals surface area contributed by atoms with E-state index in [9.17, 15) is 13.6 Å². The summed E-state index contributed by atoms with van der Waals surface area (Å²) in [7, 11) is 0. The summed E-state index contributed by atoms with van der Waals surface area (Å²) in [6, 6.07) is 4.52. The zero-order chi connectivity index (χ0) is 24.6. The lowest BCUT2D eigenvalue weighted by atomic mass is 9.81. The molecule has 2 fully saturated rings. The number of fused-ring (bicyclic) bond motifs is 1. The van der Waals surface area contributed by atoms with Crippen molar-refractivity contribution in [2.75, 3.05) is 23.7 Å². The van der Waals surface area contributed by atoms with Gasteiger partial charge >= 0.3 is 0 Å². The molecule has 2 aliphatic rings. The number of nitrogens with zero attached hydrogens (tertiary/aromatic N) is 5. The second kappa shape index (κ2) is 9.41. The van der Waals surface area contributed by atoms with E-state index in [1.807, 2.05) is 6.07 Å². The number of aromatic nitrogens is 4. The number of nitrogens with one attached hydrogen (secondary N) is 2. The van der Waals surface area contributed by atoms with E-state index >= 15 is 0 Å². The standard InChI is InChI=1S/C25H29F2N7O/c1-15(2)34-5-3-19(4-6-34)31-23-14-28-12-21(32-23)17-7-16-8-22(30-13-20(16)29-11-17)33-24(35)18-9-25(26,27)10-18/h7-8,11-15,18-19H,3-6,9-10H2,1-2H3,(H,31,32)(H,30,33,35). The Balaban J connectivity index is 1.28. The van der Waals surface area contributed by atoms with Gasteiger partial charge in [-0.15, -0.1) is 0 Å². The van der Waals surface area contributed by atoms with Gasteiger partial charge in [0.2, 0.25) is 11.8 Å². The SMILES string of the molecule is CC(C)N1CCC(Nc2cncc(-c3cnc4cnc(NC(=O)C5CC(F)(F)C5)cc4c3)n2)CC1. The summed E-state index contributed by atoms with van der Waals surface area (Å²) in [4.78, 5) is 32.5. The molecule has 0 radical (unpaired) electrons. The summed E-state index contributed by atoms with van der Waals surface area (Å²) >= 11 is 0. The normalized spacial score (nSPS) is 19.0. The molecule has 0 aromatic carbocycles. The van der Waals surface area contributed by atoms with Gasteiger partial charge in [-0.2, -0.15) is 0 Å². The maximum absolute atomic E-state index is 13.1. The molecule has 3 aromatic heterocycles. The van der Waals surface area contributed by atoms with Gasteiger partial charge in [-0.25, -0.2) is 18.7 Å². The first-order chi connectivity index (χ1) is 16.8. The Labute approximate surface area is 202 Å². The summed E-state index contributed by atoms with van der Waals surface area (Å²) in [5.74, 6) is -2.82. The summed E-state index contributed by atoms with van der Waals surface area (Å²) in [5, 5.41) is 6.92. The molecule has 5 rings (SSSR count). The molecular weight excluding hydrogens is 452 g/mol. The molecule has 1 saturated carbocycles. The van der Waals surface area contributed by atoms with Crippen molar-refractivity contribution in [3.05, 3.63) is 36.9 Å². The number of carbonyl (C=O) groups is 1. The minimum absolute atomic E-state index is 0.311. The third-order valence-electron chi connectivity index (χ3n) is 6.82. The number of halogens is 2. The highest BCUT2D eigenvalue weighted by Gasteiger charge is 2.48. The van der Waals surface area contributed by atoms with Gasteiger partial charge in [-0.05, 0) is 38.8 Å². The Morgan fingerprint density at radius 1 is 1.06 bits per heavy atom. The van der Waals surface area contributed by atoms with Crippen LogP contribution < -0.4 is 10.6 Å². The van der Waals surface area contributed by atoms with Crippen LogP contribution in [-0.4, -0.2) is 61.8 Å². The molecule has 184 valence electrons. The number of anilines is 2. The van der Waals surface area contributed by atoms with Gasteiger partial charge in [0.05, 0.1) is 29.8 Å². The van der Waals surface area contributed by atoms with Gasteiger partial charge in [-0.3, -0.25) is 14.8 Å². The Kier molecular flexibility index (Phi) is 6.31. The number of rotatable bonds is 6. The molecule has 0 bridgehead atoms. The molecule has 1 aliphatic carbocycles. The van der Waals surface area contributed by atoms with Crippen LogP contribution >= 0.6 is 0 Å².